The summed E-state index contributed by atoms with van der Waals surface area (Å²) in [6.45, 7) is 0. The van der Waals surface area contributed by atoms with Crippen molar-refractivity contribution in [2.24, 2.45) is 0 Å². The minimum Gasteiger partial charge on any atom is -0.478 e. The van der Waals surface area contributed by atoms with Crippen molar-refractivity contribution in [2.45, 2.75) is 6.36 Å². The number of hydrogen-bond acceptors (Lipinski definition) is 2. The average molecular weight is 308 g/mol. The molecule has 0 aliphatic carbocycles. The molecule has 22 heavy (non-hydrogen) atoms. The van der Waals surface area contributed by atoms with E-state index in [2.05, 4.69) is 4.74 Å². The molecule has 2 aromatic rings. The van der Waals surface area contributed by atoms with Crippen LogP contribution >= 0.6 is 0 Å². The average Bonchev–Trinajstić information content (AvgIpc) is 2.45. The maximum Gasteiger partial charge on any atom is 0.573 e. The molecular formula is C16H11F3O3. The first kappa shape index (κ1) is 15.6. The van der Waals surface area contributed by atoms with E-state index in [4.69, 9.17) is 5.11 Å². The third-order valence-electron chi connectivity index (χ3n) is 2.73. The van der Waals surface area contributed by atoms with Gasteiger partial charge in [0, 0.05) is 5.56 Å². The number of rotatable bonds is 4. The SMILES string of the molecule is O=C(O)c1cccc(C=Cc2ccccc2OC(F)(F)F)c1. The highest BCUT2D eigenvalue weighted by atomic mass is 19.4. The lowest BCUT2D eigenvalue weighted by Gasteiger charge is -2.11. The molecule has 3 nitrogen and oxygen atoms in total. The smallest absolute Gasteiger partial charge is 0.478 e. The van der Waals surface area contributed by atoms with Crippen LogP contribution in [0.2, 0.25) is 0 Å². The van der Waals surface area contributed by atoms with Crippen LogP contribution in [0.5, 0.6) is 5.75 Å². The molecule has 0 aliphatic heterocycles. The summed E-state index contributed by atoms with van der Waals surface area (Å²) in [5.74, 6) is -1.39. The molecule has 0 saturated heterocycles. The number of halogens is 3. The van der Waals surface area contributed by atoms with E-state index in [0.29, 0.717) is 5.56 Å². The Morgan fingerprint density at radius 2 is 1.77 bits per heavy atom. The summed E-state index contributed by atoms with van der Waals surface area (Å²) in [4.78, 5) is 10.9. The van der Waals surface area contributed by atoms with Crippen LogP contribution in [0, 0.1) is 0 Å². The van der Waals surface area contributed by atoms with Crippen LogP contribution in [-0.2, 0) is 0 Å². The van der Waals surface area contributed by atoms with Gasteiger partial charge < -0.3 is 9.84 Å². The number of benzene rings is 2. The van der Waals surface area contributed by atoms with Crippen molar-refractivity contribution in [1.29, 1.82) is 0 Å². The van der Waals surface area contributed by atoms with Gasteiger partial charge in [-0.15, -0.1) is 13.2 Å². The quantitative estimate of drug-likeness (QED) is 0.849. The molecule has 114 valence electrons. The maximum absolute atomic E-state index is 12.3. The zero-order chi connectivity index (χ0) is 16.2. The van der Waals surface area contributed by atoms with Crippen LogP contribution in [0.15, 0.2) is 48.5 Å². The first-order valence-corrected chi connectivity index (χ1v) is 6.21. The Balaban J connectivity index is 2.27. The minimum atomic E-state index is -4.77. The summed E-state index contributed by atoms with van der Waals surface area (Å²) in [5, 5.41) is 8.90. The Morgan fingerprint density at radius 3 is 2.45 bits per heavy atom. The van der Waals surface area contributed by atoms with Crippen molar-refractivity contribution in [2.75, 3.05) is 0 Å². The third-order valence-corrected chi connectivity index (χ3v) is 2.73. The Morgan fingerprint density at radius 1 is 1.05 bits per heavy atom. The minimum absolute atomic E-state index is 0.0991. The van der Waals surface area contributed by atoms with E-state index in [0.717, 1.165) is 0 Å². The van der Waals surface area contributed by atoms with Gasteiger partial charge in [0.15, 0.2) is 0 Å². The van der Waals surface area contributed by atoms with Crippen molar-refractivity contribution in [3.05, 3.63) is 65.2 Å². The summed E-state index contributed by atoms with van der Waals surface area (Å²) < 4.78 is 40.9. The fourth-order valence-corrected chi connectivity index (χ4v) is 1.80. The number of carboxylic acid groups (broad SMARTS) is 1. The standard InChI is InChI=1S/C16H11F3O3/c17-16(18,19)22-14-7-2-1-5-12(14)9-8-11-4-3-6-13(10-11)15(20)21/h1-10H,(H,20,21). The van der Waals surface area contributed by atoms with Crippen LogP contribution in [0.3, 0.4) is 0 Å². The third kappa shape index (κ3) is 4.37. The fraction of sp³-hybridized carbons (Fsp3) is 0.0625. The van der Waals surface area contributed by atoms with Gasteiger partial charge in [0.25, 0.3) is 0 Å². The Hall–Kier alpha value is -2.76. The molecule has 0 atom stereocenters. The van der Waals surface area contributed by atoms with Crippen LogP contribution < -0.4 is 4.74 Å². The summed E-state index contributed by atoms with van der Waals surface area (Å²) in [7, 11) is 0. The second-order valence-corrected chi connectivity index (χ2v) is 4.35. The summed E-state index contributed by atoms with van der Waals surface area (Å²) in [6, 6.07) is 11.8. The maximum atomic E-state index is 12.3. The van der Waals surface area contributed by atoms with Crippen LogP contribution in [0.4, 0.5) is 13.2 Å². The van der Waals surface area contributed by atoms with Gasteiger partial charge >= 0.3 is 12.3 Å². The van der Waals surface area contributed by atoms with E-state index in [1.807, 2.05) is 0 Å². The zero-order valence-corrected chi connectivity index (χ0v) is 11.2. The van der Waals surface area contributed by atoms with E-state index >= 15 is 0 Å². The number of ether oxygens (including phenoxy) is 1. The van der Waals surface area contributed by atoms with Crippen LogP contribution in [-0.4, -0.2) is 17.4 Å². The first-order valence-electron chi connectivity index (χ1n) is 6.21. The van der Waals surface area contributed by atoms with Gasteiger partial charge in [-0.05, 0) is 23.8 Å². The van der Waals surface area contributed by atoms with Crippen molar-refractivity contribution in [3.8, 4) is 5.75 Å². The second-order valence-electron chi connectivity index (χ2n) is 4.35. The van der Waals surface area contributed by atoms with E-state index in [-0.39, 0.29) is 16.9 Å². The molecule has 2 rings (SSSR count). The zero-order valence-electron chi connectivity index (χ0n) is 11.2. The van der Waals surface area contributed by atoms with Gasteiger partial charge in [-0.1, -0.05) is 42.5 Å². The molecular weight excluding hydrogens is 297 g/mol. The topological polar surface area (TPSA) is 46.5 Å². The Bertz CT molecular complexity index is 706. The summed E-state index contributed by atoms with van der Waals surface area (Å²) >= 11 is 0. The summed E-state index contributed by atoms with van der Waals surface area (Å²) in [5.41, 5.74) is 0.893. The van der Waals surface area contributed by atoms with E-state index < -0.39 is 12.3 Å². The highest BCUT2D eigenvalue weighted by molar-refractivity contribution is 5.88. The summed E-state index contributed by atoms with van der Waals surface area (Å²) in [6.07, 6.45) is -1.82. The predicted molar refractivity (Wildman–Crippen MR) is 75.5 cm³/mol. The van der Waals surface area contributed by atoms with Crippen molar-refractivity contribution in [3.63, 3.8) is 0 Å². The van der Waals surface area contributed by atoms with Gasteiger partial charge in [-0.3, -0.25) is 0 Å². The lowest BCUT2D eigenvalue weighted by molar-refractivity contribution is -0.274. The van der Waals surface area contributed by atoms with E-state index in [1.54, 1.807) is 18.2 Å². The highest BCUT2D eigenvalue weighted by Gasteiger charge is 2.31. The molecule has 6 heteroatoms. The van der Waals surface area contributed by atoms with Crippen molar-refractivity contribution in [1.82, 2.24) is 0 Å². The predicted octanol–water partition coefficient (Wildman–Crippen LogP) is 4.45. The molecule has 0 fully saturated rings. The van der Waals surface area contributed by atoms with E-state index in [1.165, 1.54) is 42.5 Å². The highest BCUT2D eigenvalue weighted by Crippen LogP contribution is 2.27. The number of carbonyl (C=O) groups is 1. The van der Waals surface area contributed by atoms with Crippen molar-refractivity contribution >= 4 is 18.1 Å². The van der Waals surface area contributed by atoms with Crippen LogP contribution in [0.1, 0.15) is 21.5 Å². The molecule has 2 aromatic carbocycles. The fourth-order valence-electron chi connectivity index (χ4n) is 1.80. The number of aromatic carboxylic acids is 1. The van der Waals surface area contributed by atoms with Gasteiger partial charge in [0.1, 0.15) is 5.75 Å². The van der Waals surface area contributed by atoms with Gasteiger partial charge in [0.05, 0.1) is 5.56 Å². The molecule has 0 aliphatic rings. The van der Waals surface area contributed by atoms with Gasteiger partial charge in [0.2, 0.25) is 0 Å². The Labute approximate surface area is 124 Å². The molecule has 0 aromatic heterocycles. The largest absolute Gasteiger partial charge is 0.573 e. The molecule has 0 spiro atoms. The van der Waals surface area contributed by atoms with Crippen molar-refractivity contribution < 1.29 is 27.8 Å². The molecule has 0 bridgehead atoms. The lowest BCUT2D eigenvalue weighted by Crippen LogP contribution is -2.17. The lowest BCUT2D eigenvalue weighted by atomic mass is 10.1. The Kier molecular flexibility index (Phi) is 4.50. The number of carboxylic acids is 1. The van der Waals surface area contributed by atoms with Gasteiger partial charge in [-0.2, -0.15) is 0 Å². The molecule has 1 N–H and O–H groups in total. The number of hydrogen-bond donors (Lipinski definition) is 1. The number of alkyl halides is 3. The number of para-hydroxylation sites is 1. The van der Waals surface area contributed by atoms with Gasteiger partial charge in [-0.25, -0.2) is 4.79 Å². The first-order chi connectivity index (χ1) is 10.3. The monoisotopic (exact) mass is 308 g/mol. The molecule has 0 saturated carbocycles. The normalized spacial score (nSPS) is 11.6. The molecule has 0 amide bonds. The van der Waals surface area contributed by atoms with E-state index in [9.17, 15) is 18.0 Å². The molecule has 0 radical (unpaired) electrons. The van der Waals surface area contributed by atoms with Crippen LogP contribution in [0.25, 0.3) is 12.2 Å². The second kappa shape index (κ2) is 6.34. The molecule has 0 heterocycles. The molecule has 0 unspecified atom stereocenters.